The lowest BCUT2D eigenvalue weighted by atomic mass is 10.0. The summed E-state index contributed by atoms with van der Waals surface area (Å²) in [6.07, 6.45) is 0.227. The van der Waals surface area contributed by atoms with E-state index in [9.17, 15) is 5.11 Å². The van der Waals surface area contributed by atoms with Crippen LogP contribution in [0, 0.1) is 0 Å². The molecule has 0 bridgehead atoms. The number of rotatable bonds is 9. The average molecular weight is 268 g/mol. The SMILES string of the molecule is CCSCCNC[C@@H](O)[C@@H](N)Cc1ccccc1. The molecule has 0 aromatic heterocycles. The van der Waals surface area contributed by atoms with Crippen LogP contribution in [0.2, 0.25) is 0 Å². The highest BCUT2D eigenvalue weighted by atomic mass is 32.2. The van der Waals surface area contributed by atoms with Crippen molar-refractivity contribution >= 4 is 11.8 Å². The summed E-state index contributed by atoms with van der Waals surface area (Å²) in [5.41, 5.74) is 7.17. The van der Waals surface area contributed by atoms with E-state index in [1.54, 1.807) is 0 Å². The summed E-state index contributed by atoms with van der Waals surface area (Å²) in [7, 11) is 0. The molecule has 1 rings (SSSR count). The first-order valence-electron chi connectivity index (χ1n) is 6.50. The van der Waals surface area contributed by atoms with Gasteiger partial charge in [-0.05, 0) is 17.7 Å². The van der Waals surface area contributed by atoms with E-state index in [-0.39, 0.29) is 6.04 Å². The summed E-state index contributed by atoms with van der Waals surface area (Å²) in [6, 6.07) is 9.84. The first-order valence-corrected chi connectivity index (χ1v) is 7.65. The third-order valence-corrected chi connectivity index (χ3v) is 3.69. The number of nitrogens with two attached hydrogens (primary N) is 1. The van der Waals surface area contributed by atoms with Crippen molar-refractivity contribution in [3.05, 3.63) is 35.9 Å². The van der Waals surface area contributed by atoms with Crippen LogP contribution in [-0.4, -0.2) is 41.8 Å². The zero-order chi connectivity index (χ0) is 13.2. The molecule has 0 aliphatic carbocycles. The number of thioether (sulfide) groups is 1. The van der Waals surface area contributed by atoms with Gasteiger partial charge in [0.25, 0.3) is 0 Å². The van der Waals surface area contributed by atoms with Gasteiger partial charge in [-0.15, -0.1) is 0 Å². The Labute approximate surface area is 114 Å². The molecular formula is C14H24N2OS. The van der Waals surface area contributed by atoms with Crippen LogP contribution in [0.25, 0.3) is 0 Å². The summed E-state index contributed by atoms with van der Waals surface area (Å²) in [5, 5.41) is 13.2. The predicted octanol–water partition coefficient (Wildman–Crippen LogP) is 1.26. The fourth-order valence-corrected chi connectivity index (χ4v) is 2.29. The monoisotopic (exact) mass is 268 g/mol. The van der Waals surface area contributed by atoms with Crippen LogP contribution in [0.3, 0.4) is 0 Å². The highest BCUT2D eigenvalue weighted by molar-refractivity contribution is 7.99. The second-order valence-electron chi connectivity index (χ2n) is 4.32. The number of aliphatic hydroxyl groups is 1. The lowest BCUT2D eigenvalue weighted by Crippen LogP contribution is -2.43. The Hall–Kier alpha value is -0.550. The number of aliphatic hydroxyl groups excluding tert-OH is 1. The van der Waals surface area contributed by atoms with Gasteiger partial charge < -0.3 is 16.2 Å². The Morgan fingerprint density at radius 1 is 1.33 bits per heavy atom. The zero-order valence-electron chi connectivity index (χ0n) is 11.0. The van der Waals surface area contributed by atoms with E-state index >= 15 is 0 Å². The third kappa shape index (κ3) is 6.40. The van der Waals surface area contributed by atoms with Crippen LogP contribution < -0.4 is 11.1 Å². The first-order chi connectivity index (χ1) is 8.74. The van der Waals surface area contributed by atoms with Crippen LogP contribution in [0.4, 0.5) is 0 Å². The Kier molecular flexibility index (Phi) is 8.09. The van der Waals surface area contributed by atoms with Crippen molar-refractivity contribution in [3.63, 3.8) is 0 Å². The van der Waals surface area contributed by atoms with Gasteiger partial charge in [-0.3, -0.25) is 0 Å². The van der Waals surface area contributed by atoms with Crippen molar-refractivity contribution < 1.29 is 5.11 Å². The zero-order valence-corrected chi connectivity index (χ0v) is 11.8. The molecule has 2 atom stereocenters. The van der Waals surface area contributed by atoms with E-state index in [2.05, 4.69) is 12.2 Å². The quantitative estimate of drug-likeness (QED) is 0.590. The van der Waals surface area contributed by atoms with E-state index < -0.39 is 6.10 Å². The Morgan fingerprint density at radius 2 is 2.06 bits per heavy atom. The standard InChI is InChI=1S/C14H24N2OS/c1-2-18-9-8-16-11-14(17)13(15)10-12-6-4-3-5-7-12/h3-7,13-14,16-17H,2,8-11,15H2,1H3/t13-,14+/m0/s1. The first kappa shape index (κ1) is 15.5. The largest absolute Gasteiger partial charge is 0.390 e. The van der Waals surface area contributed by atoms with Crippen LogP contribution in [0.1, 0.15) is 12.5 Å². The third-order valence-electron chi connectivity index (χ3n) is 2.79. The minimum Gasteiger partial charge on any atom is -0.390 e. The number of hydrogen-bond donors (Lipinski definition) is 3. The van der Waals surface area contributed by atoms with Gasteiger partial charge in [0.2, 0.25) is 0 Å². The van der Waals surface area contributed by atoms with Crippen molar-refractivity contribution in [1.29, 1.82) is 0 Å². The van der Waals surface area contributed by atoms with Crippen molar-refractivity contribution in [2.75, 3.05) is 24.6 Å². The molecule has 0 amide bonds. The van der Waals surface area contributed by atoms with Crippen LogP contribution >= 0.6 is 11.8 Å². The maximum atomic E-state index is 9.94. The number of benzene rings is 1. The Morgan fingerprint density at radius 3 is 2.72 bits per heavy atom. The molecule has 18 heavy (non-hydrogen) atoms. The smallest absolute Gasteiger partial charge is 0.0818 e. The van der Waals surface area contributed by atoms with Crippen molar-refractivity contribution in [2.45, 2.75) is 25.5 Å². The van der Waals surface area contributed by atoms with Gasteiger partial charge in [0.1, 0.15) is 0 Å². The topological polar surface area (TPSA) is 58.3 Å². The molecule has 0 aliphatic rings. The molecule has 0 unspecified atom stereocenters. The minimum absolute atomic E-state index is 0.210. The number of hydrogen-bond acceptors (Lipinski definition) is 4. The summed E-state index contributed by atoms with van der Waals surface area (Å²) in [5.74, 6) is 2.22. The van der Waals surface area contributed by atoms with Gasteiger partial charge in [-0.25, -0.2) is 0 Å². The molecule has 0 fully saturated rings. The van der Waals surface area contributed by atoms with Gasteiger partial charge >= 0.3 is 0 Å². The molecule has 0 saturated heterocycles. The molecule has 102 valence electrons. The van der Waals surface area contributed by atoms with E-state index in [0.29, 0.717) is 13.0 Å². The molecule has 0 heterocycles. The second-order valence-corrected chi connectivity index (χ2v) is 5.72. The van der Waals surface area contributed by atoms with E-state index in [4.69, 9.17) is 5.73 Å². The maximum Gasteiger partial charge on any atom is 0.0818 e. The van der Waals surface area contributed by atoms with Gasteiger partial charge in [0, 0.05) is 24.9 Å². The summed E-state index contributed by atoms with van der Waals surface area (Å²) >= 11 is 1.90. The molecule has 4 heteroatoms. The fraction of sp³-hybridized carbons (Fsp3) is 0.571. The summed E-state index contributed by atoms with van der Waals surface area (Å²) in [4.78, 5) is 0. The lowest BCUT2D eigenvalue weighted by molar-refractivity contribution is 0.142. The van der Waals surface area contributed by atoms with Gasteiger partial charge in [0.15, 0.2) is 0 Å². The Balaban J connectivity index is 2.18. The Bertz CT molecular complexity index is 308. The molecule has 0 spiro atoms. The van der Waals surface area contributed by atoms with Crippen molar-refractivity contribution in [1.82, 2.24) is 5.32 Å². The average Bonchev–Trinajstić information content (AvgIpc) is 2.39. The molecule has 1 aromatic carbocycles. The molecule has 0 radical (unpaired) electrons. The minimum atomic E-state index is -0.489. The predicted molar refractivity (Wildman–Crippen MR) is 80.0 cm³/mol. The highest BCUT2D eigenvalue weighted by Crippen LogP contribution is 2.04. The van der Waals surface area contributed by atoms with Crippen LogP contribution in [0.5, 0.6) is 0 Å². The summed E-state index contributed by atoms with van der Waals surface area (Å²) < 4.78 is 0. The van der Waals surface area contributed by atoms with Crippen LogP contribution in [-0.2, 0) is 6.42 Å². The highest BCUT2D eigenvalue weighted by Gasteiger charge is 2.14. The molecule has 0 saturated carbocycles. The van der Waals surface area contributed by atoms with Crippen LogP contribution in [0.15, 0.2) is 30.3 Å². The van der Waals surface area contributed by atoms with E-state index in [0.717, 1.165) is 18.1 Å². The molecule has 0 aliphatic heterocycles. The molecule has 4 N–H and O–H groups in total. The van der Waals surface area contributed by atoms with Gasteiger partial charge in [-0.1, -0.05) is 37.3 Å². The van der Waals surface area contributed by atoms with Gasteiger partial charge in [0.05, 0.1) is 6.10 Å². The molecular weight excluding hydrogens is 244 g/mol. The summed E-state index contributed by atoms with van der Waals surface area (Å²) in [6.45, 7) is 3.64. The maximum absolute atomic E-state index is 9.94. The fourth-order valence-electron chi connectivity index (χ4n) is 1.71. The normalized spacial score (nSPS) is 14.4. The van der Waals surface area contributed by atoms with Crippen molar-refractivity contribution in [3.8, 4) is 0 Å². The molecule has 1 aromatic rings. The lowest BCUT2D eigenvalue weighted by Gasteiger charge is -2.19. The van der Waals surface area contributed by atoms with E-state index in [1.807, 2.05) is 42.1 Å². The number of nitrogens with one attached hydrogen (secondary N) is 1. The van der Waals surface area contributed by atoms with Gasteiger partial charge in [-0.2, -0.15) is 11.8 Å². The van der Waals surface area contributed by atoms with Crippen molar-refractivity contribution in [2.24, 2.45) is 5.73 Å². The van der Waals surface area contributed by atoms with E-state index in [1.165, 1.54) is 5.56 Å². The second kappa shape index (κ2) is 9.39. The molecule has 3 nitrogen and oxygen atoms in total.